The van der Waals surface area contributed by atoms with E-state index >= 15 is 0 Å². The van der Waals surface area contributed by atoms with Crippen molar-refractivity contribution in [1.82, 2.24) is 15.0 Å². The maximum Gasteiger partial charge on any atom is 0.105 e. The average Bonchev–Trinajstić information content (AvgIpc) is 2.37. The van der Waals surface area contributed by atoms with Gasteiger partial charge in [-0.2, -0.15) is 0 Å². The minimum atomic E-state index is 0.280. The first-order chi connectivity index (χ1) is 5.24. The van der Waals surface area contributed by atoms with Crippen molar-refractivity contribution in [1.29, 1.82) is 0 Å². The third-order valence-corrected chi connectivity index (χ3v) is 1.68. The van der Waals surface area contributed by atoms with E-state index in [2.05, 4.69) is 15.0 Å². The predicted octanol–water partition coefficient (Wildman–Crippen LogP) is 0.0433. The molecule has 1 unspecified atom stereocenters. The Hall–Kier alpha value is -0.870. The van der Waals surface area contributed by atoms with Crippen LogP contribution >= 0.6 is 0 Å². The molecule has 1 atom stereocenters. The van der Waals surface area contributed by atoms with E-state index in [1.807, 2.05) is 20.0 Å². The lowest BCUT2D eigenvalue weighted by Crippen LogP contribution is -2.35. The van der Waals surface area contributed by atoms with E-state index in [0.29, 0.717) is 0 Å². The van der Waals surface area contributed by atoms with Crippen LogP contribution in [-0.4, -0.2) is 15.6 Å². The molecule has 0 aromatic carbocycles. The number of aromatic nitrogens is 2. The average molecular weight is 154 g/mol. The van der Waals surface area contributed by atoms with Crippen LogP contribution in [0.1, 0.15) is 12.7 Å². The fourth-order valence-electron chi connectivity index (χ4n) is 0.944. The Labute approximate surface area is 66.4 Å². The van der Waals surface area contributed by atoms with Crippen molar-refractivity contribution in [3.8, 4) is 0 Å². The number of nitrogens with one attached hydrogen (secondary N) is 1. The standard InChI is InChI=1S/C7H14N4/c1-6(10-8)5-11-4-3-9-7(11)2/h3-4,6,10H,5,8H2,1-2H3. The van der Waals surface area contributed by atoms with Crippen molar-refractivity contribution in [2.45, 2.75) is 26.4 Å². The summed E-state index contributed by atoms with van der Waals surface area (Å²) >= 11 is 0. The molecule has 62 valence electrons. The highest BCUT2D eigenvalue weighted by Crippen LogP contribution is 1.96. The van der Waals surface area contributed by atoms with E-state index in [4.69, 9.17) is 5.84 Å². The van der Waals surface area contributed by atoms with Crippen molar-refractivity contribution in [2.24, 2.45) is 5.84 Å². The van der Waals surface area contributed by atoms with Crippen LogP contribution in [0.2, 0.25) is 0 Å². The van der Waals surface area contributed by atoms with Gasteiger partial charge in [-0.25, -0.2) is 4.98 Å². The molecule has 0 aliphatic rings. The molecule has 4 nitrogen and oxygen atoms in total. The Morgan fingerprint density at radius 1 is 1.82 bits per heavy atom. The number of hydrogen-bond donors (Lipinski definition) is 2. The summed E-state index contributed by atoms with van der Waals surface area (Å²) in [4.78, 5) is 4.10. The lowest BCUT2D eigenvalue weighted by atomic mass is 10.3. The summed E-state index contributed by atoms with van der Waals surface area (Å²) in [5.41, 5.74) is 2.68. The summed E-state index contributed by atoms with van der Waals surface area (Å²) < 4.78 is 2.06. The van der Waals surface area contributed by atoms with Gasteiger partial charge in [0, 0.05) is 25.0 Å². The number of hydrazine groups is 1. The zero-order valence-corrected chi connectivity index (χ0v) is 6.91. The normalized spacial score (nSPS) is 13.4. The number of rotatable bonds is 3. The van der Waals surface area contributed by atoms with Crippen LogP contribution < -0.4 is 11.3 Å². The lowest BCUT2D eigenvalue weighted by molar-refractivity contribution is 0.483. The molecule has 0 bridgehead atoms. The Kier molecular flexibility index (Phi) is 2.62. The van der Waals surface area contributed by atoms with Gasteiger partial charge in [0.05, 0.1) is 0 Å². The maximum atomic E-state index is 5.25. The summed E-state index contributed by atoms with van der Waals surface area (Å²) in [7, 11) is 0. The predicted molar refractivity (Wildman–Crippen MR) is 43.7 cm³/mol. The quantitative estimate of drug-likeness (QED) is 0.477. The lowest BCUT2D eigenvalue weighted by Gasteiger charge is -2.11. The molecule has 0 saturated carbocycles. The highest BCUT2D eigenvalue weighted by molar-refractivity contribution is 4.89. The second kappa shape index (κ2) is 3.50. The van der Waals surface area contributed by atoms with E-state index in [-0.39, 0.29) is 6.04 Å². The molecule has 11 heavy (non-hydrogen) atoms. The van der Waals surface area contributed by atoms with Gasteiger partial charge < -0.3 is 4.57 Å². The molecule has 1 aromatic rings. The molecule has 1 rings (SSSR count). The molecule has 1 heterocycles. The van der Waals surface area contributed by atoms with Crippen LogP contribution in [0, 0.1) is 6.92 Å². The second-order valence-electron chi connectivity index (χ2n) is 2.69. The maximum absolute atomic E-state index is 5.25. The van der Waals surface area contributed by atoms with Gasteiger partial charge >= 0.3 is 0 Å². The van der Waals surface area contributed by atoms with Gasteiger partial charge in [0.1, 0.15) is 5.82 Å². The first kappa shape index (κ1) is 8.23. The largest absolute Gasteiger partial charge is 0.334 e. The zero-order valence-electron chi connectivity index (χ0n) is 6.91. The van der Waals surface area contributed by atoms with Crippen LogP contribution in [0.25, 0.3) is 0 Å². The molecular weight excluding hydrogens is 140 g/mol. The molecular formula is C7H14N4. The van der Waals surface area contributed by atoms with E-state index < -0.39 is 0 Å². The number of imidazole rings is 1. The fourth-order valence-corrected chi connectivity index (χ4v) is 0.944. The highest BCUT2D eigenvalue weighted by atomic mass is 15.2. The zero-order chi connectivity index (χ0) is 8.27. The Morgan fingerprint density at radius 2 is 2.55 bits per heavy atom. The smallest absolute Gasteiger partial charge is 0.105 e. The summed E-state index contributed by atoms with van der Waals surface area (Å²) in [6.07, 6.45) is 3.74. The fraction of sp³-hybridized carbons (Fsp3) is 0.571. The van der Waals surface area contributed by atoms with Gasteiger partial charge in [0.15, 0.2) is 0 Å². The first-order valence-corrected chi connectivity index (χ1v) is 3.68. The van der Waals surface area contributed by atoms with Gasteiger partial charge in [-0.1, -0.05) is 0 Å². The van der Waals surface area contributed by atoms with Crippen LogP contribution in [0.4, 0.5) is 0 Å². The molecule has 0 saturated heterocycles. The third-order valence-electron chi connectivity index (χ3n) is 1.68. The van der Waals surface area contributed by atoms with E-state index in [0.717, 1.165) is 12.4 Å². The number of nitrogens with two attached hydrogens (primary N) is 1. The van der Waals surface area contributed by atoms with E-state index in [1.54, 1.807) is 6.20 Å². The van der Waals surface area contributed by atoms with Crippen LogP contribution in [0.5, 0.6) is 0 Å². The molecule has 0 fully saturated rings. The number of aryl methyl sites for hydroxylation is 1. The molecule has 0 aliphatic carbocycles. The minimum absolute atomic E-state index is 0.280. The van der Waals surface area contributed by atoms with Gasteiger partial charge in [-0.15, -0.1) is 0 Å². The van der Waals surface area contributed by atoms with Crippen molar-refractivity contribution in [3.05, 3.63) is 18.2 Å². The molecule has 0 radical (unpaired) electrons. The highest BCUT2D eigenvalue weighted by Gasteiger charge is 2.01. The topological polar surface area (TPSA) is 55.9 Å². The summed E-state index contributed by atoms with van der Waals surface area (Å²) in [6, 6.07) is 0.280. The molecule has 0 spiro atoms. The van der Waals surface area contributed by atoms with Crippen LogP contribution in [-0.2, 0) is 6.54 Å². The van der Waals surface area contributed by atoms with Crippen LogP contribution in [0.15, 0.2) is 12.4 Å². The van der Waals surface area contributed by atoms with E-state index in [9.17, 15) is 0 Å². The van der Waals surface area contributed by atoms with Gasteiger partial charge in [-0.3, -0.25) is 11.3 Å². The third kappa shape index (κ3) is 2.03. The number of hydrogen-bond acceptors (Lipinski definition) is 3. The monoisotopic (exact) mass is 154 g/mol. The van der Waals surface area contributed by atoms with Crippen molar-refractivity contribution >= 4 is 0 Å². The van der Waals surface area contributed by atoms with E-state index in [1.165, 1.54) is 0 Å². The summed E-state index contributed by atoms with van der Waals surface area (Å²) in [5, 5.41) is 0. The summed E-state index contributed by atoms with van der Waals surface area (Å²) in [5.74, 6) is 6.28. The Bertz CT molecular complexity index is 218. The second-order valence-corrected chi connectivity index (χ2v) is 2.69. The first-order valence-electron chi connectivity index (χ1n) is 3.68. The van der Waals surface area contributed by atoms with Crippen molar-refractivity contribution in [3.63, 3.8) is 0 Å². The Balaban J connectivity index is 2.56. The summed E-state index contributed by atoms with van der Waals surface area (Å²) in [6.45, 7) is 4.87. The SMILES string of the molecule is Cc1nccn1CC(C)NN. The van der Waals surface area contributed by atoms with Crippen LogP contribution in [0.3, 0.4) is 0 Å². The number of nitrogens with zero attached hydrogens (tertiary/aromatic N) is 2. The minimum Gasteiger partial charge on any atom is -0.334 e. The van der Waals surface area contributed by atoms with Gasteiger partial charge in [-0.05, 0) is 13.8 Å². The van der Waals surface area contributed by atoms with Crippen molar-refractivity contribution < 1.29 is 0 Å². The molecule has 1 aromatic heterocycles. The van der Waals surface area contributed by atoms with Gasteiger partial charge in [0.2, 0.25) is 0 Å². The molecule has 0 amide bonds. The molecule has 4 heteroatoms. The molecule has 3 N–H and O–H groups in total. The van der Waals surface area contributed by atoms with Crippen molar-refractivity contribution in [2.75, 3.05) is 0 Å². The Morgan fingerprint density at radius 3 is 3.00 bits per heavy atom. The molecule has 0 aliphatic heterocycles. The van der Waals surface area contributed by atoms with Gasteiger partial charge in [0.25, 0.3) is 0 Å².